The molecule has 1 rings (SSSR count). The SMILES string of the molecule is CC[Si](C#CCN1CCCCC1)(CC)CC. The Bertz CT molecular complexity index is 233. The molecule has 0 unspecified atom stereocenters. The van der Waals surface area contributed by atoms with Crippen molar-refractivity contribution in [3.63, 3.8) is 0 Å². The maximum Gasteiger partial charge on any atom is 0.137 e. The predicted molar refractivity (Wildman–Crippen MR) is 75.3 cm³/mol. The molecular formula is C14H27NSi. The molecule has 0 aliphatic carbocycles. The summed E-state index contributed by atoms with van der Waals surface area (Å²) in [6.07, 6.45) is 4.17. The third kappa shape index (κ3) is 3.96. The van der Waals surface area contributed by atoms with Gasteiger partial charge >= 0.3 is 0 Å². The highest BCUT2D eigenvalue weighted by Gasteiger charge is 2.24. The molecule has 0 spiro atoms. The topological polar surface area (TPSA) is 3.24 Å². The fourth-order valence-electron chi connectivity index (χ4n) is 2.47. The molecule has 0 radical (unpaired) electrons. The number of nitrogens with zero attached hydrogens (tertiary/aromatic N) is 1. The number of hydrogen-bond donors (Lipinski definition) is 0. The van der Waals surface area contributed by atoms with Gasteiger partial charge in [-0.25, -0.2) is 0 Å². The van der Waals surface area contributed by atoms with Crippen molar-refractivity contribution in [3.05, 3.63) is 0 Å². The summed E-state index contributed by atoms with van der Waals surface area (Å²) in [7, 11) is -1.19. The average Bonchev–Trinajstić information content (AvgIpc) is 2.37. The van der Waals surface area contributed by atoms with E-state index in [4.69, 9.17) is 0 Å². The van der Waals surface area contributed by atoms with Crippen molar-refractivity contribution in [3.8, 4) is 11.5 Å². The van der Waals surface area contributed by atoms with Gasteiger partial charge in [-0.2, -0.15) is 0 Å². The highest BCUT2D eigenvalue weighted by atomic mass is 28.3. The summed E-state index contributed by atoms with van der Waals surface area (Å²) in [6, 6.07) is 3.98. The van der Waals surface area contributed by atoms with Crippen LogP contribution in [0.25, 0.3) is 0 Å². The van der Waals surface area contributed by atoms with Gasteiger partial charge in [0.25, 0.3) is 0 Å². The van der Waals surface area contributed by atoms with Crippen LogP contribution in [0.2, 0.25) is 18.1 Å². The molecule has 0 bridgehead atoms. The third-order valence-electron chi connectivity index (χ3n) is 4.14. The molecule has 0 amide bonds. The molecule has 1 fully saturated rings. The second-order valence-electron chi connectivity index (χ2n) is 4.98. The second-order valence-corrected chi connectivity index (χ2v) is 9.91. The quantitative estimate of drug-likeness (QED) is 0.534. The Morgan fingerprint density at radius 3 is 2.00 bits per heavy atom. The fourth-order valence-corrected chi connectivity index (χ4v) is 4.96. The van der Waals surface area contributed by atoms with Crippen LogP contribution in [-0.4, -0.2) is 32.6 Å². The number of likely N-dealkylation sites (tertiary alicyclic amines) is 1. The Kier molecular flexibility index (Phi) is 6.16. The van der Waals surface area contributed by atoms with Crippen molar-refractivity contribution < 1.29 is 0 Å². The Morgan fingerprint density at radius 1 is 0.938 bits per heavy atom. The first-order chi connectivity index (χ1) is 7.76. The Balaban J connectivity index is 2.44. The maximum absolute atomic E-state index is 3.68. The standard InChI is InChI=1S/C14H27NSi/c1-4-16(5-2,6-3)14-10-13-15-11-8-7-9-12-15/h4-9,11-13H2,1-3H3. The highest BCUT2D eigenvalue weighted by molar-refractivity contribution is 6.87. The summed E-state index contributed by atoms with van der Waals surface area (Å²) in [4.78, 5) is 2.52. The zero-order valence-corrected chi connectivity index (χ0v) is 12.3. The van der Waals surface area contributed by atoms with Crippen LogP contribution in [0, 0.1) is 11.5 Å². The summed E-state index contributed by atoms with van der Waals surface area (Å²) in [5.41, 5.74) is 3.68. The molecule has 0 aromatic carbocycles. The zero-order valence-electron chi connectivity index (χ0n) is 11.3. The van der Waals surface area contributed by atoms with E-state index in [1.54, 1.807) is 0 Å². The van der Waals surface area contributed by atoms with Gasteiger partial charge in [-0.3, -0.25) is 4.90 Å². The summed E-state index contributed by atoms with van der Waals surface area (Å²) in [6.45, 7) is 10.5. The van der Waals surface area contributed by atoms with Crippen molar-refractivity contribution in [1.82, 2.24) is 4.90 Å². The van der Waals surface area contributed by atoms with E-state index in [1.165, 1.54) is 50.5 Å². The van der Waals surface area contributed by atoms with Crippen LogP contribution in [0.3, 0.4) is 0 Å². The van der Waals surface area contributed by atoms with Crippen LogP contribution in [0.1, 0.15) is 40.0 Å². The van der Waals surface area contributed by atoms with E-state index >= 15 is 0 Å². The summed E-state index contributed by atoms with van der Waals surface area (Å²) < 4.78 is 0. The van der Waals surface area contributed by atoms with Crippen LogP contribution in [0.15, 0.2) is 0 Å². The Labute approximate surface area is 103 Å². The molecule has 0 aromatic heterocycles. The van der Waals surface area contributed by atoms with Gasteiger partial charge in [-0.1, -0.05) is 33.1 Å². The number of rotatable bonds is 4. The van der Waals surface area contributed by atoms with Crippen molar-refractivity contribution >= 4 is 8.07 Å². The highest BCUT2D eigenvalue weighted by Crippen LogP contribution is 2.18. The van der Waals surface area contributed by atoms with Crippen LogP contribution in [0.4, 0.5) is 0 Å². The van der Waals surface area contributed by atoms with Crippen LogP contribution >= 0.6 is 0 Å². The first-order valence-corrected chi connectivity index (χ1v) is 9.61. The van der Waals surface area contributed by atoms with Crippen molar-refractivity contribution in [1.29, 1.82) is 0 Å². The van der Waals surface area contributed by atoms with Gasteiger partial charge in [0.2, 0.25) is 0 Å². The molecule has 92 valence electrons. The molecule has 1 saturated heterocycles. The van der Waals surface area contributed by atoms with E-state index < -0.39 is 8.07 Å². The van der Waals surface area contributed by atoms with E-state index in [1.807, 2.05) is 0 Å². The van der Waals surface area contributed by atoms with Gasteiger partial charge in [0, 0.05) is 0 Å². The Morgan fingerprint density at radius 2 is 1.50 bits per heavy atom. The first-order valence-electron chi connectivity index (χ1n) is 6.98. The van der Waals surface area contributed by atoms with Crippen molar-refractivity contribution in [2.75, 3.05) is 19.6 Å². The summed E-state index contributed by atoms with van der Waals surface area (Å²) in [5.74, 6) is 3.49. The van der Waals surface area contributed by atoms with Gasteiger partial charge in [-0.05, 0) is 44.1 Å². The Hall–Kier alpha value is -0.263. The average molecular weight is 237 g/mol. The lowest BCUT2D eigenvalue weighted by Crippen LogP contribution is -2.32. The molecule has 1 aliphatic heterocycles. The van der Waals surface area contributed by atoms with Gasteiger partial charge in [0.1, 0.15) is 8.07 Å². The van der Waals surface area contributed by atoms with Crippen molar-refractivity contribution in [2.24, 2.45) is 0 Å². The van der Waals surface area contributed by atoms with Gasteiger partial charge in [-0.15, -0.1) is 5.54 Å². The molecule has 0 atom stereocenters. The van der Waals surface area contributed by atoms with E-state index in [2.05, 4.69) is 37.1 Å². The van der Waals surface area contributed by atoms with Crippen LogP contribution in [0.5, 0.6) is 0 Å². The molecule has 1 aliphatic rings. The minimum Gasteiger partial charge on any atom is -0.292 e. The summed E-state index contributed by atoms with van der Waals surface area (Å²) >= 11 is 0. The lowest BCUT2D eigenvalue weighted by molar-refractivity contribution is 0.255. The minimum atomic E-state index is -1.19. The largest absolute Gasteiger partial charge is 0.292 e. The molecule has 16 heavy (non-hydrogen) atoms. The molecule has 1 nitrogen and oxygen atoms in total. The van der Waals surface area contributed by atoms with E-state index in [0.717, 1.165) is 6.54 Å². The van der Waals surface area contributed by atoms with Crippen LogP contribution < -0.4 is 0 Å². The van der Waals surface area contributed by atoms with Gasteiger partial charge < -0.3 is 0 Å². The molecular weight excluding hydrogens is 210 g/mol. The maximum atomic E-state index is 3.68. The van der Waals surface area contributed by atoms with Crippen LogP contribution in [-0.2, 0) is 0 Å². The second kappa shape index (κ2) is 7.14. The van der Waals surface area contributed by atoms with Gasteiger partial charge in [0.15, 0.2) is 0 Å². The minimum absolute atomic E-state index is 1.02. The normalized spacial score (nSPS) is 17.9. The van der Waals surface area contributed by atoms with E-state index in [0.29, 0.717) is 0 Å². The predicted octanol–water partition coefficient (Wildman–Crippen LogP) is 3.52. The first kappa shape index (κ1) is 13.8. The molecule has 0 N–H and O–H groups in total. The zero-order chi connectivity index (χ0) is 11.9. The molecule has 1 heterocycles. The third-order valence-corrected chi connectivity index (χ3v) is 8.90. The lowest BCUT2D eigenvalue weighted by atomic mass is 10.1. The number of piperidine rings is 1. The van der Waals surface area contributed by atoms with Crippen molar-refractivity contribution in [2.45, 2.75) is 58.2 Å². The monoisotopic (exact) mass is 237 g/mol. The molecule has 0 saturated carbocycles. The number of hydrogen-bond acceptors (Lipinski definition) is 1. The van der Waals surface area contributed by atoms with E-state index in [9.17, 15) is 0 Å². The fraction of sp³-hybridized carbons (Fsp3) is 0.857. The molecule has 2 heteroatoms. The smallest absolute Gasteiger partial charge is 0.137 e. The van der Waals surface area contributed by atoms with E-state index in [-0.39, 0.29) is 0 Å². The van der Waals surface area contributed by atoms with Gasteiger partial charge in [0.05, 0.1) is 6.54 Å². The summed E-state index contributed by atoms with van der Waals surface area (Å²) in [5, 5.41) is 0. The molecule has 0 aromatic rings. The lowest BCUT2D eigenvalue weighted by Gasteiger charge is -2.25.